The van der Waals surface area contributed by atoms with Crippen LogP contribution < -0.4 is 4.72 Å². The molecule has 1 atom stereocenters. The zero-order valence-corrected chi connectivity index (χ0v) is 12.4. The summed E-state index contributed by atoms with van der Waals surface area (Å²) < 4.78 is 31.1. The molecule has 1 N–H and O–H groups in total. The summed E-state index contributed by atoms with van der Waals surface area (Å²) in [4.78, 5) is 15.4. The van der Waals surface area contributed by atoms with E-state index < -0.39 is 22.0 Å². The van der Waals surface area contributed by atoms with E-state index in [2.05, 4.69) is 4.98 Å². The highest BCUT2D eigenvalue weighted by atomic mass is 35.5. The highest BCUT2D eigenvalue weighted by Crippen LogP contribution is 2.29. The molecular formula is C12H15ClN2O4S. The topological polar surface area (TPSA) is 85.4 Å². The van der Waals surface area contributed by atoms with Crippen molar-refractivity contribution in [2.75, 3.05) is 6.61 Å². The fraction of sp³-hybridized carbons (Fsp3) is 0.500. The van der Waals surface area contributed by atoms with Gasteiger partial charge in [0.1, 0.15) is 6.10 Å². The van der Waals surface area contributed by atoms with Crippen molar-refractivity contribution in [3.05, 3.63) is 23.4 Å². The Morgan fingerprint density at radius 2 is 2.25 bits per heavy atom. The van der Waals surface area contributed by atoms with Crippen LogP contribution in [0, 0.1) is 5.92 Å². The number of nitrogens with one attached hydrogen (secondary N) is 1. The molecule has 1 aromatic heterocycles. The van der Waals surface area contributed by atoms with Crippen LogP contribution in [0.4, 0.5) is 0 Å². The second-order valence-corrected chi connectivity index (χ2v) is 6.77. The number of carbonyl (C=O) groups excluding carboxylic acids is 1. The molecule has 1 heterocycles. The molecule has 1 aromatic rings. The molecule has 0 spiro atoms. The van der Waals surface area contributed by atoms with Crippen molar-refractivity contribution < 1.29 is 17.9 Å². The molecule has 1 saturated carbocycles. The Morgan fingerprint density at radius 1 is 1.55 bits per heavy atom. The molecule has 8 heteroatoms. The summed E-state index contributed by atoms with van der Waals surface area (Å²) in [6.45, 7) is 2.00. The van der Waals surface area contributed by atoms with Gasteiger partial charge in [-0.15, -0.1) is 0 Å². The minimum absolute atomic E-state index is 0.260. The third kappa shape index (κ3) is 4.16. The SMILES string of the molecule is C[C@H](OCC1CC1)C(=O)NS(=O)(=O)c1ccc(Cl)cn1. The highest BCUT2D eigenvalue weighted by molar-refractivity contribution is 7.90. The summed E-state index contributed by atoms with van der Waals surface area (Å²) in [5, 5.41) is 0.0565. The number of amides is 1. The lowest BCUT2D eigenvalue weighted by Gasteiger charge is -2.13. The van der Waals surface area contributed by atoms with Crippen LogP contribution in [-0.2, 0) is 19.6 Å². The predicted octanol–water partition coefficient (Wildman–Crippen LogP) is 1.35. The quantitative estimate of drug-likeness (QED) is 0.856. The molecular weight excluding hydrogens is 304 g/mol. The fourth-order valence-corrected chi connectivity index (χ4v) is 2.52. The average Bonchev–Trinajstić information content (AvgIpc) is 3.20. The van der Waals surface area contributed by atoms with Gasteiger partial charge in [0.25, 0.3) is 15.9 Å². The first-order valence-electron chi connectivity index (χ1n) is 6.18. The molecule has 0 aromatic carbocycles. The minimum atomic E-state index is -3.99. The Labute approximate surface area is 122 Å². The second-order valence-electron chi connectivity index (χ2n) is 4.70. The van der Waals surface area contributed by atoms with Crippen molar-refractivity contribution in [1.82, 2.24) is 9.71 Å². The van der Waals surface area contributed by atoms with Gasteiger partial charge in [0, 0.05) is 6.20 Å². The average molecular weight is 319 g/mol. The number of carbonyl (C=O) groups is 1. The molecule has 1 fully saturated rings. The molecule has 0 aliphatic heterocycles. The number of aromatic nitrogens is 1. The van der Waals surface area contributed by atoms with Gasteiger partial charge in [-0.1, -0.05) is 11.6 Å². The van der Waals surface area contributed by atoms with E-state index in [1.54, 1.807) is 0 Å². The zero-order valence-electron chi connectivity index (χ0n) is 10.9. The van der Waals surface area contributed by atoms with Gasteiger partial charge in [0.05, 0.1) is 11.6 Å². The number of halogens is 1. The lowest BCUT2D eigenvalue weighted by atomic mass is 10.4. The maximum Gasteiger partial charge on any atom is 0.281 e. The van der Waals surface area contributed by atoms with Crippen molar-refractivity contribution >= 4 is 27.5 Å². The maximum absolute atomic E-state index is 11.9. The Morgan fingerprint density at radius 3 is 2.80 bits per heavy atom. The first kappa shape index (κ1) is 15.2. The van der Waals surface area contributed by atoms with Gasteiger partial charge in [0.2, 0.25) is 0 Å². The predicted molar refractivity (Wildman–Crippen MR) is 72.7 cm³/mol. The van der Waals surface area contributed by atoms with Gasteiger partial charge in [0.15, 0.2) is 5.03 Å². The standard InChI is InChI=1S/C12H15ClN2O4S/c1-8(19-7-9-2-3-9)12(16)15-20(17,18)11-5-4-10(13)6-14-11/h4-6,8-9H,2-3,7H2,1H3,(H,15,16)/t8-/m0/s1. The van der Waals surface area contributed by atoms with E-state index >= 15 is 0 Å². The van der Waals surface area contributed by atoms with E-state index in [4.69, 9.17) is 16.3 Å². The molecule has 0 unspecified atom stereocenters. The summed E-state index contributed by atoms with van der Waals surface area (Å²) in [5.74, 6) is -0.206. The van der Waals surface area contributed by atoms with E-state index in [0.717, 1.165) is 12.8 Å². The number of hydrogen-bond acceptors (Lipinski definition) is 5. The first-order chi connectivity index (χ1) is 9.38. The number of nitrogens with zero attached hydrogens (tertiary/aromatic N) is 1. The number of hydrogen-bond donors (Lipinski definition) is 1. The van der Waals surface area contributed by atoms with Crippen LogP contribution in [0.15, 0.2) is 23.4 Å². The third-order valence-corrected chi connectivity index (χ3v) is 4.34. The van der Waals surface area contributed by atoms with Gasteiger partial charge in [-0.05, 0) is 37.8 Å². The van der Waals surface area contributed by atoms with Gasteiger partial charge in [-0.3, -0.25) is 4.79 Å². The summed E-state index contributed by atoms with van der Waals surface area (Å²) in [5.41, 5.74) is 0. The van der Waals surface area contributed by atoms with Crippen LogP contribution in [-0.4, -0.2) is 32.0 Å². The van der Waals surface area contributed by atoms with E-state index in [1.165, 1.54) is 25.3 Å². The van der Waals surface area contributed by atoms with E-state index in [9.17, 15) is 13.2 Å². The van der Waals surface area contributed by atoms with Crippen molar-refractivity contribution in [1.29, 1.82) is 0 Å². The number of sulfonamides is 1. The molecule has 6 nitrogen and oxygen atoms in total. The molecule has 0 saturated heterocycles. The van der Waals surface area contributed by atoms with Crippen molar-refractivity contribution in [3.8, 4) is 0 Å². The summed E-state index contributed by atoms with van der Waals surface area (Å²) in [6, 6.07) is 2.62. The molecule has 1 aliphatic rings. The normalized spacial score (nSPS) is 16.7. The lowest BCUT2D eigenvalue weighted by molar-refractivity contribution is -0.130. The van der Waals surface area contributed by atoms with Crippen LogP contribution in [0.5, 0.6) is 0 Å². The zero-order chi connectivity index (χ0) is 14.8. The highest BCUT2D eigenvalue weighted by Gasteiger charge is 2.26. The Kier molecular flexibility index (Phi) is 4.62. The smallest absolute Gasteiger partial charge is 0.281 e. The molecule has 0 radical (unpaired) electrons. The Hall–Kier alpha value is -1.18. The second kappa shape index (κ2) is 6.07. The summed E-state index contributed by atoms with van der Waals surface area (Å²) in [7, 11) is -3.99. The third-order valence-electron chi connectivity index (χ3n) is 2.86. The molecule has 1 aliphatic carbocycles. The monoisotopic (exact) mass is 318 g/mol. The molecule has 1 amide bonds. The molecule has 2 rings (SSSR count). The summed E-state index contributed by atoms with van der Waals surface area (Å²) in [6.07, 6.45) is 2.58. The van der Waals surface area contributed by atoms with Crippen LogP contribution in [0.25, 0.3) is 0 Å². The van der Waals surface area contributed by atoms with Gasteiger partial charge in [-0.25, -0.2) is 9.71 Å². The minimum Gasteiger partial charge on any atom is -0.368 e. The number of pyridine rings is 1. The van der Waals surface area contributed by atoms with Gasteiger partial charge < -0.3 is 4.74 Å². The molecule has 0 bridgehead atoms. The van der Waals surface area contributed by atoms with Crippen LogP contribution >= 0.6 is 11.6 Å². The number of rotatable bonds is 6. The first-order valence-corrected chi connectivity index (χ1v) is 8.04. The van der Waals surface area contributed by atoms with Crippen molar-refractivity contribution in [3.63, 3.8) is 0 Å². The van der Waals surface area contributed by atoms with E-state index in [0.29, 0.717) is 17.5 Å². The summed E-state index contributed by atoms with van der Waals surface area (Å²) >= 11 is 5.63. The maximum atomic E-state index is 11.9. The van der Waals surface area contributed by atoms with Gasteiger partial charge in [-0.2, -0.15) is 8.42 Å². The van der Waals surface area contributed by atoms with Crippen LogP contribution in [0.3, 0.4) is 0 Å². The van der Waals surface area contributed by atoms with Crippen molar-refractivity contribution in [2.45, 2.75) is 30.9 Å². The van der Waals surface area contributed by atoms with Gasteiger partial charge >= 0.3 is 0 Å². The van der Waals surface area contributed by atoms with Crippen LogP contribution in [0.2, 0.25) is 5.02 Å². The molecule has 110 valence electrons. The Bertz CT molecular complexity index is 584. The molecule has 20 heavy (non-hydrogen) atoms. The Balaban J connectivity index is 1.95. The lowest BCUT2D eigenvalue weighted by Crippen LogP contribution is -2.39. The number of ether oxygens (including phenoxy) is 1. The fourth-order valence-electron chi connectivity index (χ4n) is 1.43. The van der Waals surface area contributed by atoms with Crippen molar-refractivity contribution in [2.24, 2.45) is 5.92 Å². The van der Waals surface area contributed by atoms with E-state index in [1.807, 2.05) is 4.72 Å². The largest absolute Gasteiger partial charge is 0.368 e. The van der Waals surface area contributed by atoms with Crippen LogP contribution in [0.1, 0.15) is 19.8 Å². The van der Waals surface area contributed by atoms with E-state index in [-0.39, 0.29) is 5.03 Å².